The molecule has 46 heavy (non-hydrogen) atoms. The molecule has 8 heteroatoms. The Morgan fingerprint density at radius 3 is 2.33 bits per heavy atom. The Morgan fingerprint density at radius 2 is 1.63 bits per heavy atom. The number of hydrogen-bond acceptors (Lipinski definition) is 3. The monoisotopic (exact) mass is 619 g/mol. The Labute approximate surface area is 269 Å². The van der Waals surface area contributed by atoms with Crippen LogP contribution >= 0.6 is 0 Å². The Kier molecular flexibility index (Phi) is 8.82. The number of aromatic amines is 2. The maximum absolute atomic E-state index is 14.1. The van der Waals surface area contributed by atoms with E-state index >= 15 is 0 Å². The van der Waals surface area contributed by atoms with Crippen molar-refractivity contribution in [3.05, 3.63) is 112 Å². The van der Waals surface area contributed by atoms with Crippen molar-refractivity contribution >= 4 is 39.2 Å². The van der Waals surface area contributed by atoms with Crippen molar-refractivity contribution in [2.24, 2.45) is 0 Å². The van der Waals surface area contributed by atoms with Gasteiger partial charge in [-0.2, -0.15) is 0 Å². The van der Waals surface area contributed by atoms with Crippen LogP contribution in [-0.2, 0) is 22.6 Å². The van der Waals surface area contributed by atoms with Gasteiger partial charge in [-0.05, 0) is 91.3 Å². The fraction of sp³-hybridized carbons (Fsp3) is 0.316. The van der Waals surface area contributed by atoms with Crippen LogP contribution in [0.1, 0.15) is 53.6 Å². The third-order valence-corrected chi connectivity index (χ3v) is 9.52. The number of hydrogen-bond donors (Lipinski definition) is 2. The van der Waals surface area contributed by atoms with Gasteiger partial charge in [0.2, 0.25) is 11.8 Å². The molecule has 5 aromatic rings. The molecule has 0 radical (unpaired) electrons. The summed E-state index contributed by atoms with van der Waals surface area (Å²) in [4.78, 5) is 35.2. The lowest BCUT2D eigenvalue weighted by Crippen LogP contribution is -2.57. The van der Waals surface area contributed by atoms with E-state index in [9.17, 15) is 14.0 Å². The van der Waals surface area contributed by atoms with E-state index in [4.69, 9.17) is 0 Å². The summed E-state index contributed by atoms with van der Waals surface area (Å²) in [6.45, 7) is 11.5. The van der Waals surface area contributed by atoms with Crippen molar-refractivity contribution in [2.75, 3.05) is 19.6 Å². The predicted octanol–water partition coefficient (Wildman–Crippen LogP) is 7.23. The van der Waals surface area contributed by atoms with Crippen LogP contribution in [0, 0.1) is 26.6 Å². The van der Waals surface area contributed by atoms with Crippen LogP contribution < -0.4 is 0 Å². The Hall–Kier alpha value is -4.69. The lowest BCUT2D eigenvalue weighted by molar-refractivity contribution is -0.155. The van der Waals surface area contributed by atoms with Crippen LogP contribution in [0.25, 0.3) is 27.4 Å². The van der Waals surface area contributed by atoms with E-state index in [2.05, 4.69) is 60.0 Å². The summed E-state index contributed by atoms with van der Waals surface area (Å²) in [7, 11) is 0. The van der Waals surface area contributed by atoms with Crippen molar-refractivity contribution in [2.45, 2.75) is 60.0 Å². The summed E-state index contributed by atoms with van der Waals surface area (Å²) in [5, 5.41) is 5.94. The molecule has 3 aromatic carbocycles. The molecule has 1 aliphatic heterocycles. The van der Waals surface area contributed by atoms with Gasteiger partial charge < -0.3 is 14.9 Å². The van der Waals surface area contributed by atoms with Gasteiger partial charge in [0.05, 0.1) is 6.04 Å². The van der Waals surface area contributed by atoms with E-state index in [1.807, 2.05) is 40.5 Å². The number of rotatable bonds is 9. The molecule has 7 nitrogen and oxygen atoms in total. The van der Waals surface area contributed by atoms with E-state index in [0.29, 0.717) is 39.0 Å². The lowest BCUT2D eigenvalue weighted by atomic mass is 9.98. The molecule has 1 aliphatic rings. The third kappa shape index (κ3) is 6.35. The van der Waals surface area contributed by atoms with Crippen LogP contribution in [0.5, 0.6) is 0 Å². The second-order valence-electron chi connectivity index (χ2n) is 12.6. The molecule has 6 rings (SSSR count). The average Bonchev–Trinajstić information content (AvgIpc) is 3.63. The first-order chi connectivity index (χ1) is 22.1. The van der Waals surface area contributed by atoms with Crippen LogP contribution in [0.15, 0.2) is 73.1 Å². The van der Waals surface area contributed by atoms with Gasteiger partial charge in [0, 0.05) is 79.8 Å². The number of aryl methyl sites for hydroxylation is 2. The quantitative estimate of drug-likeness (QED) is 0.183. The molecule has 0 bridgehead atoms. The van der Waals surface area contributed by atoms with E-state index in [1.54, 1.807) is 26.0 Å². The Bertz CT molecular complexity index is 1930. The van der Waals surface area contributed by atoms with Crippen LogP contribution in [0.2, 0.25) is 0 Å². The second-order valence-corrected chi connectivity index (χ2v) is 12.6. The summed E-state index contributed by atoms with van der Waals surface area (Å²) < 4.78 is 14.1. The van der Waals surface area contributed by atoms with Crippen molar-refractivity contribution < 1.29 is 14.0 Å². The summed E-state index contributed by atoms with van der Waals surface area (Å²) in [5.41, 5.74) is 9.90. The number of halogens is 1. The molecule has 0 saturated heterocycles. The van der Waals surface area contributed by atoms with Gasteiger partial charge in [-0.1, -0.05) is 36.4 Å². The minimum absolute atomic E-state index is 0.0318. The summed E-state index contributed by atoms with van der Waals surface area (Å²) in [6, 6.07) is 17.0. The highest BCUT2D eigenvalue weighted by Crippen LogP contribution is 2.31. The van der Waals surface area contributed by atoms with Gasteiger partial charge in [0.1, 0.15) is 5.82 Å². The fourth-order valence-corrected chi connectivity index (χ4v) is 6.92. The first-order valence-corrected chi connectivity index (χ1v) is 16.0. The lowest BCUT2D eigenvalue weighted by Gasteiger charge is -2.43. The molecular weight excluding hydrogens is 577 g/mol. The molecular formula is C38H42FN5O2. The number of H-pyrrole nitrogens is 2. The largest absolute Gasteiger partial charge is 0.361 e. The molecule has 2 amide bonds. The number of amides is 2. The van der Waals surface area contributed by atoms with Crippen LogP contribution in [0.3, 0.4) is 0 Å². The minimum atomic E-state index is -0.301. The normalized spacial score (nSPS) is 14.4. The van der Waals surface area contributed by atoms with Gasteiger partial charge in [0.25, 0.3) is 0 Å². The molecule has 0 spiro atoms. The maximum atomic E-state index is 14.1. The SMILES string of the molecule is CC(=O)N(Cc1cc(C)c(C)c(C)c1)C[C@@H](Cc1c[nH]c2ccccc12)N(C(C)=O)N1CC=C(c2c[nH]c3ccc(F)cc23)CC1. The molecule has 1 atom stereocenters. The summed E-state index contributed by atoms with van der Waals surface area (Å²) in [5.74, 6) is -0.364. The number of nitrogens with one attached hydrogen (secondary N) is 2. The number of nitrogens with zero attached hydrogens (tertiary/aromatic N) is 3. The molecule has 0 unspecified atom stereocenters. The molecule has 0 fully saturated rings. The van der Waals surface area contributed by atoms with Crippen LogP contribution in [-0.4, -0.2) is 62.4 Å². The van der Waals surface area contributed by atoms with Gasteiger partial charge >= 0.3 is 0 Å². The number of para-hydroxylation sites is 1. The number of carbonyl (C=O) groups is 2. The standard InChI is InChI=1S/C38H42FN5O2/c1-24-16-29(17-25(2)26(24)3)22-42(27(4)45)23-33(18-31-20-40-37-9-7-6-8-34(31)37)44(28(5)46)43-14-12-30(13-15-43)36-21-41-38-11-10-32(39)19-35(36)38/h6-12,16-17,19-21,33,40-41H,13-15,18,22-23H2,1-5H3/t33-/m1/s1. The van der Waals surface area contributed by atoms with E-state index in [0.717, 1.165) is 44.1 Å². The highest BCUT2D eigenvalue weighted by atomic mass is 19.1. The van der Waals surface area contributed by atoms with Crippen LogP contribution in [0.4, 0.5) is 4.39 Å². The molecule has 238 valence electrons. The fourth-order valence-electron chi connectivity index (χ4n) is 6.92. The van der Waals surface area contributed by atoms with Crippen molar-refractivity contribution in [3.8, 4) is 0 Å². The minimum Gasteiger partial charge on any atom is -0.361 e. The van der Waals surface area contributed by atoms with E-state index in [1.165, 1.54) is 22.8 Å². The molecule has 0 aliphatic carbocycles. The van der Waals surface area contributed by atoms with Gasteiger partial charge in [-0.3, -0.25) is 14.6 Å². The Morgan fingerprint density at radius 1 is 0.913 bits per heavy atom. The molecule has 0 saturated carbocycles. The number of benzene rings is 3. The molecule has 2 aromatic heterocycles. The summed E-state index contributed by atoms with van der Waals surface area (Å²) >= 11 is 0. The van der Waals surface area contributed by atoms with Gasteiger partial charge in [0.15, 0.2) is 0 Å². The Balaban J connectivity index is 1.32. The number of carbonyl (C=O) groups excluding carboxylic acids is 2. The first-order valence-electron chi connectivity index (χ1n) is 16.0. The zero-order valence-corrected chi connectivity index (χ0v) is 27.3. The van der Waals surface area contributed by atoms with Crippen molar-refractivity contribution in [1.82, 2.24) is 24.9 Å². The number of hydrazine groups is 1. The third-order valence-electron chi connectivity index (χ3n) is 9.52. The van der Waals surface area contributed by atoms with Gasteiger partial charge in [-0.25, -0.2) is 9.40 Å². The van der Waals surface area contributed by atoms with E-state index < -0.39 is 0 Å². The highest BCUT2D eigenvalue weighted by Gasteiger charge is 2.32. The van der Waals surface area contributed by atoms with Gasteiger partial charge in [-0.15, -0.1) is 0 Å². The average molecular weight is 620 g/mol. The highest BCUT2D eigenvalue weighted by molar-refractivity contribution is 5.93. The zero-order chi connectivity index (χ0) is 32.5. The van der Waals surface area contributed by atoms with E-state index in [-0.39, 0.29) is 23.7 Å². The van der Waals surface area contributed by atoms with Crippen molar-refractivity contribution in [3.63, 3.8) is 0 Å². The summed E-state index contributed by atoms with van der Waals surface area (Å²) in [6.07, 6.45) is 7.37. The maximum Gasteiger partial charge on any atom is 0.234 e. The predicted molar refractivity (Wildman–Crippen MR) is 182 cm³/mol. The number of aromatic nitrogens is 2. The number of fused-ring (bicyclic) bond motifs is 2. The first kappa shape index (κ1) is 31.3. The smallest absolute Gasteiger partial charge is 0.234 e. The van der Waals surface area contributed by atoms with Crippen molar-refractivity contribution in [1.29, 1.82) is 0 Å². The second kappa shape index (κ2) is 13.0. The molecule has 2 N–H and O–H groups in total. The molecule has 3 heterocycles. The zero-order valence-electron chi connectivity index (χ0n) is 27.3. The topological polar surface area (TPSA) is 75.4 Å².